The average Bonchev–Trinajstić information content (AvgIpc) is 2.05. The monoisotopic (exact) mass is 152 g/mol. The van der Waals surface area contributed by atoms with E-state index in [4.69, 9.17) is 0 Å². The molecule has 10 heavy (non-hydrogen) atoms. The summed E-state index contributed by atoms with van der Waals surface area (Å²) in [5, 5.41) is 0. The van der Waals surface area contributed by atoms with Crippen molar-refractivity contribution < 1.29 is 4.57 Å². The van der Waals surface area contributed by atoms with Gasteiger partial charge in [-0.2, -0.15) is 0 Å². The molecule has 0 fully saturated rings. The van der Waals surface area contributed by atoms with Crippen molar-refractivity contribution in [2.24, 2.45) is 0 Å². The first-order chi connectivity index (χ1) is 4.84. The Morgan fingerprint density at radius 2 is 1.80 bits per heavy atom. The standard InChI is InChI=1S/C8H13NSi/c1-9(10-2)8-6-4-3-5-7-8/h3-7H,10H2,1-2H3/p+1. The van der Waals surface area contributed by atoms with Gasteiger partial charge in [-0.05, 0) is 18.7 Å². The van der Waals surface area contributed by atoms with Crippen LogP contribution in [0.1, 0.15) is 0 Å². The van der Waals surface area contributed by atoms with Crippen LogP contribution in [0.5, 0.6) is 0 Å². The summed E-state index contributed by atoms with van der Waals surface area (Å²) in [5.74, 6) is 0. The van der Waals surface area contributed by atoms with Crippen molar-refractivity contribution >= 4 is 15.4 Å². The van der Waals surface area contributed by atoms with E-state index in [2.05, 4.69) is 43.9 Å². The molecule has 1 aromatic carbocycles. The lowest BCUT2D eigenvalue weighted by Crippen LogP contribution is -3.05. The fourth-order valence-electron chi connectivity index (χ4n) is 0.927. The number of hydrogen-bond acceptors (Lipinski definition) is 0. The van der Waals surface area contributed by atoms with E-state index >= 15 is 0 Å². The molecule has 0 aliphatic heterocycles. The Hall–Kier alpha value is -0.603. The van der Waals surface area contributed by atoms with Gasteiger partial charge in [-0.25, -0.2) is 0 Å². The number of hydrogen-bond donors (Lipinski definition) is 1. The SMILES string of the molecule is C[SiH2][NH+](C)c1ccccc1. The molecule has 1 N–H and O–H groups in total. The molecule has 0 bridgehead atoms. The van der Waals surface area contributed by atoms with Crippen LogP contribution < -0.4 is 4.57 Å². The summed E-state index contributed by atoms with van der Waals surface area (Å²) in [4.78, 5) is 0. The molecular weight excluding hydrogens is 138 g/mol. The van der Waals surface area contributed by atoms with Gasteiger partial charge in [0.25, 0.3) is 9.68 Å². The smallest absolute Gasteiger partial charge is 0.255 e. The quantitative estimate of drug-likeness (QED) is 0.567. The highest BCUT2D eigenvalue weighted by atomic mass is 28.2. The highest BCUT2D eigenvalue weighted by Gasteiger charge is 1.99. The second-order valence-corrected chi connectivity index (χ2v) is 4.27. The highest BCUT2D eigenvalue weighted by Crippen LogP contribution is 1.96. The molecular formula is C8H14NSi+. The van der Waals surface area contributed by atoms with Crippen LogP contribution in [0, 0.1) is 0 Å². The van der Waals surface area contributed by atoms with E-state index in [1.807, 2.05) is 0 Å². The van der Waals surface area contributed by atoms with Crippen molar-refractivity contribution in [2.75, 3.05) is 7.05 Å². The lowest BCUT2D eigenvalue weighted by Gasteiger charge is -2.09. The summed E-state index contributed by atoms with van der Waals surface area (Å²) in [6, 6.07) is 10.6. The van der Waals surface area contributed by atoms with Crippen molar-refractivity contribution in [1.29, 1.82) is 0 Å². The third kappa shape index (κ3) is 1.69. The molecule has 0 aliphatic rings. The average molecular weight is 152 g/mol. The van der Waals surface area contributed by atoms with Crippen molar-refractivity contribution in [1.82, 2.24) is 0 Å². The van der Waals surface area contributed by atoms with Gasteiger partial charge in [0.15, 0.2) is 0 Å². The third-order valence-corrected chi connectivity index (χ3v) is 3.27. The topological polar surface area (TPSA) is 4.44 Å². The van der Waals surface area contributed by atoms with Crippen LogP contribution in [0.15, 0.2) is 30.3 Å². The first kappa shape index (κ1) is 7.50. The van der Waals surface area contributed by atoms with Crippen LogP contribution in [-0.2, 0) is 0 Å². The van der Waals surface area contributed by atoms with E-state index in [0.29, 0.717) is 0 Å². The third-order valence-electron chi connectivity index (χ3n) is 1.80. The number of para-hydroxylation sites is 1. The highest BCUT2D eigenvalue weighted by molar-refractivity contribution is 6.23. The summed E-state index contributed by atoms with van der Waals surface area (Å²) in [6.45, 7) is 2.32. The number of rotatable bonds is 2. The van der Waals surface area contributed by atoms with Crippen molar-refractivity contribution in [3.05, 3.63) is 30.3 Å². The van der Waals surface area contributed by atoms with Crippen molar-refractivity contribution in [2.45, 2.75) is 6.55 Å². The van der Waals surface area contributed by atoms with Crippen LogP contribution in [0.3, 0.4) is 0 Å². The van der Waals surface area contributed by atoms with Gasteiger partial charge < -0.3 is 4.57 Å². The Bertz CT molecular complexity index is 186. The molecule has 0 amide bonds. The largest absolute Gasteiger partial charge is 0.369 e. The molecule has 1 rings (SSSR count). The first-order valence-corrected chi connectivity index (χ1v) is 5.84. The maximum absolute atomic E-state index is 2.32. The van der Waals surface area contributed by atoms with Gasteiger partial charge >= 0.3 is 0 Å². The Morgan fingerprint density at radius 1 is 1.20 bits per heavy atom. The molecule has 0 aliphatic carbocycles. The van der Waals surface area contributed by atoms with Gasteiger partial charge in [0.1, 0.15) is 5.69 Å². The molecule has 1 aromatic rings. The van der Waals surface area contributed by atoms with E-state index in [1.54, 1.807) is 4.57 Å². The van der Waals surface area contributed by atoms with Gasteiger partial charge in [0.2, 0.25) is 0 Å². The molecule has 1 atom stereocenters. The summed E-state index contributed by atoms with van der Waals surface area (Å²) >= 11 is 0. The molecule has 0 saturated carbocycles. The first-order valence-electron chi connectivity index (χ1n) is 3.72. The maximum Gasteiger partial charge on any atom is 0.255 e. The Balaban J connectivity index is 2.75. The molecule has 1 unspecified atom stereocenters. The molecule has 0 heterocycles. The van der Waals surface area contributed by atoms with Crippen LogP contribution in [-0.4, -0.2) is 16.7 Å². The zero-order valence-corrected chi connectivity index (χ0v) is 8.01. The Morgan fingerprint density at radius 3 is 2.30 bits per heavy atom. The van der Waals surface area contributed by atoms with Crippen LogP contribution in [0.2, 0.25) is 6.55 Å². The molecule has 0 saturated heterocycles. The lowest BCUT2D eigenvalue weighted by molar-refractivity contribution is -0.681. The van der Waals surface area contributed by atoms with Gasteiger partial charge in [0, 0.05) is 0 Å². The normalized spacial score (nSPS) is 14.2. The molecule has 0 aromatic heterocycles. The molecule has 54 valence electrons. The van der Waals surface area contributed by atoms with E-state index < -0.39 is 0 Å². The fourth-order valence-corrected chi connectivity index (χ4v) is 1.57. The maximum atomic E-state index is 2.32. The molecule has 2 heteroatoms. The Labute approximate surface area is 64.6 Å². The number of quaternary nitrogens is 1. The Kier molecular flexibility index (Phi) is 2.65. The van der Waals surface area contributed by atoms with Gasteiger partial charge in [0.05, 0.1) is 7.05 Å². The molecule has 0 spiro atoms. The summed E-state index contributed by atoms with van der Waals surface area (Å²) < 4.78 is 1.60. The van der Waals surface area contributed by atoms with E-state index in [9.17, 15) is 0 Å². The molecule has 0 radical (unpaired) electrons. The zero-order valence-electron chi connectivity index (χ0n) is 6.59. The van der Waals surface area contributed by atoms with Crippen LogP contribution >= 0.6 is 0 Å². The summed E-state index contributed by atoms with van der Waals surface area (Å²) in [5.41, 5.74) is 1.43. The van der Waals surface area contributed by atoms with E-state index in [-0.39, 0.29) is 9.68 Å². The fraction of sp³-hybridized carbons (Fsp3) is 0.250. The van der Waals surface area contributed by atoms with Crippen molar-refractivity contribution in [3.63, 3.8) is 0 Å². The lowest BCUT2D eigenvalue weighted by atomic mass is 10.3. The van der Waals surface area contributed by atoms with Crippen molar-refractivity contribution in [3.8, 4) is 0 Å². The minimum atomic E-state index is 0.0568. The van der Waals surface area contributed by atoms with E-state index in [1.165, 1.54) is 5.69 Å². The second-order valence-electron chi connectivity index (χ2n) is 2.50. The number of nitrogens with one attached hydrogen (secondary N) is 1. The van der Waals surface area contributed by atoms with Crippen LogP contribution in [0.4, 0.5) is 5.69 Å². The van der Waals surface area contributed by atoms with E-state index in [0.717, 1.165) is 0 Å². The van der Waals surface area contributed by atoms with Gasteiger partial charge in [-0.3, -0.25) is 0 Å². The van der Waals surface area contributed by atoms with Crippen LogP contribution in [0.25, 0.3) is 0 Å². The predicted octanol–water partition coefficient (Wildman–Crippen LogP) is -0.0353. The minimum Gasteiger partial charge on any atom is -0.369 e. The minimum absolute atomic E-state index is 0.0568. The van der Waals surface area contributed by atoms with Gasteiger partial charge in [-0.1, -0.05) is 18.2 Å². The predicted molar refractivity (Wildman–Crippen MR) is 47.4 cm³/mol. The zero-order chi connectivity index (χ0) is 7.40. The molecule has 1 nitrogen and oxygen atoms in total. The van der Waals surface area contributed by atoms with Gasteiger partial charge in [-0.15, -0.1) is 0 Å². The number of benzene rings is 1. The summed E-state index contributed by atoms with van der Waals surface area (Å²) in [6.07, 6.45) is 0. The summed E-state index contributed by atoms with van der Waals surface area (Å²) in [7, 11) is 2.29. The second kappa shape index (κ2) is 3.54.